The summed E-state index contributed by atoms with van der Waals surface area (Å²) in [7, 11) is -2.16. The van der Waals surface area contributed by atoms with Crippen LogP contribution in [0.4, 0.5) is 0 Å². The second-order valence-electron chi connectivity index (χ2n) is 4.83. The number of nitrogens with two attached hydrogens (primary N) is 1. The summed E-state index contributed by atoms with van der Waals surface area (Å²) in [4.78, 5) is 2.76. The van der Waals surface area contributed by atoms with Gasteiger partial charge in [0.05, 0.1) is 7.11 Å². The molecular formula is C13H21N3O3S. The molecule has 7 heteroatoms. The predicted molar refractivity (Wildman–Crippen MR) is 76.6 cm³/mol. The van der Waals surface area contributed by atoms with Crippen LogP contribution < -0.4 is 15.3 Å². The molecule has 6 nitrogen and oxygen atoms in total. The Labute approximate surface area is 119 Å². The van der Waals surface area contributed by atoms with Gasteiger partial charge < -0.3 is 10.5 Å². The van der Waals surface area contributed by atoms with E-state index in [0.717, 1.165) is 37.9 Å². The van der Waals surface area contributed by atoms with Crippen molar-refractivity contribution in [2.45, 2.75) is 30.7 Å². The van der Waals surface area contributed by atoms with Gasteiger partial charge >= 0.3 is 0 Å². The molecule has 0 unspecified atom stereocenters. The summed E-state index contributed by atoms with van der Waals surface area (Å²) in [5, 5.41) is 1.75. The highest BCUT2D eigenvalue weighted by molar-refractivity contribution is 7.89. The molecule has 112 valence electrons. The Kier molecular flexibility index (Phi) is 4.98. The Hall–Kier alpha value is -1.15. The van der Waals surface area contributed by atoms with Crippen LogP contribution in [0.25, 0.3) is 0 Å². The molecule has 0 radical (unpaired) electrons. The molecule has 0 amide bonds. The SMILES string of the molecule is COc1cc(CN)ccc1S(=O)(=O)NN1CCCCC1. The van der Waals surface area contributed by atoms with Crippen molar-refractivity contribution in [1.29, 1.82) is 0 Å². The molecule has 2 rings (SSSR count). The number of hydrazine groups is 1. The van der Waals surface area contributed by atoms with Crippen molar-refractivity contribution in [2.75, 3.05) is 20.2 Å². The monoisotopic (exact) mass is 299 g/mol. The molecule has 0 saturated carbocycles. The van der Waals surface area contributed by atoms with E-state index < -0.39 is 10.0 Å². The molecule has 0 aliphatic carbocycles. The first-order valence-electron chi connectivity index (χ1n) is 6.71. The first-order valence-corrected chi connectivity index (χ1v) is 8.19. The van der Waals surface area contributed by atoms with Crippen molar-refractivity contribution in [1.82, 2.24) is 9.84 Å². The van der Waals surface area contributed by atoms with Gasteiger partial charge in [0.1, 0.15) is 10.6 Å². The first-order chi connectivity index (χ1) is 9.56. The van der Waals surface area contributed by atoms with E-state index in [1.165, 1.54) is 13.2 Å². The highest BCUT2D eigenvalue weighted by Crippen LogP contribution is 2.25. The Bertz CT molecular complexity index is 554. The van der Waals surface area contributed by atoms with Crippen LogP contribution in [-0.4, -0.2) is 33.6 Å². The molecule has 1 fully saturated rings. The van der Waals surface area contributed by atoms with Gasteiger partial charge in [-0.2, -0.15) is 0 Å². The van der Waals surface area contributed by atoms with Gasteiger partial charge in [0, 0.05) is 19.6 Å². The summed E-state index contributed by atoms with van der Waals surface area (Å²) in [6.45, 7) is 1.82. The molecule has 1 heterocycles. The van der Waals surface area contributed by atoms with Crippen molar-refractivity contribution >= 4 is 10.0 Å². The minimum absolute atomic E-state index is 0.141. The fraction of sp³-hybridized carbons (Fsp3) is 0.538. The van der Waals surface area contributed by atoms with Gasteiger partial charge in [0.2, 0.25) is 0 Å². The Balaban J connectivity index is 2.24. The maximum atomic E-state index is 12.4. The van der Waals surface area contributed by atoms with Crippen LogP contribution in [0.1, 0.15) is 24.8 Å². The molecular weight excluding hydrogens is 278 g/mol. The van der Waals surface area contributed by atoms with Crippen molar-refractivity contribution in [2.24, 2.45) is 5.73 Å². The first kappa shape index (κ1) is 15.2. The largest absolute Gasteiger partial charge is 0.495 e. The maximum absolute atomic E-state index is 12.4. The van der Waals surface area contributed by atoms with Crippen LogP contribution in [0.5, 0.6) is 5.75 Å². The van der Waals surface area contributed by atoms with Crippen LogP contribution in [-0.2, 0) is 16.6 Å². The quantitative estimate of drug-likeness (QED) is 0.841. The number of piperidine rings is 1. The summed E-state index contributed by atoms with van der Waals surface area (Å²) >= 11 is 0. The van der Waals surface area contributed by atoms with Crippen LogP contribution in [0.3, 0.4) is 0 Å². The highest BCUT2D eigenvalue weighted by atomic mass is 32.2. The number of rotatable bonds is 5. The Morgan fingerprint density at radius 1 is 1.30 bits per heavy atom. The number of hydrogen-bond donors (Lipinski definition) is 2. The van der Waals surface area contributed by atoms with E-state index in [-0.39, 0.29) is 4.90 Å². The second kappa shape index (κ2) is 6.53. The maximum Gasteiger partial charge on any atom is 0.257 e. The minimum atomic E-state index is -3.62. The summed E-state index contributed by atoms with van der Waals surface area (Å²) < 4.78 is 30.0. The smallest absolute Gasteiger partial charge is 0.257 e. The third-order valence-electron chi connectivity index (χ3n) is 3.36. The average Bonchev–Trinajstić information content (AvgIpc) is 2.47. The van der Waals surface area contributed by atoms with E-state index in [1.54, 1.807) is 17.1 Å². The second-order valence-corrected chi connectivity index (χ2v) is 6.46. The average molecular weight is 299 g/mol. The van der Waals surface area contributed by atoms with E-state index in [0.29, 0.717) is 12.3 Å². The lowest BCUT2D eigenvalue weighted by molar-refractivity contribution is 0.199. The molecule has 1 aromatic carbocycles. The molecule has 1 aliphatic heterocycles. The molecule has 0 aromatic heterocycles. The van der Waals surface area contributed by atoms with Crippen molar-refractivity contribution in [3.63, 3.8) is 0 Å². The summed E-state index contributed by atoms with van der Waals surface area (Å²) in [6.07, 6.45) is 3.16. The predicted octanol–water partition coefficient (Wildman–Crippen LogP) is 0.833. The number of sulfonamides is 1. The van der Waals surface area contributed by atoms with Crippen molar-refractivity contribution in [3.8, 4) is 5.75 Å². The number of hydrogen-bond acceptors (Lipinski definition) is 5. The van der Waals surface area contributed by atoms with Gasteiger partial charge in [-0.15, -0.1) is 4.83 Å². The Morgan fingerprint density at radius 3 is 2.60 bits per heavy atom. The number of ether oxygens (including phenoxy) is 1. The molecule has 1 saturated heterocycles. The van der Waals surface area contributed by atoms with Crippen LogP contribution >= 0.6 is 0 Å². The van der Waals surface area contributed by atoms with Crippen LogP contribution in [0, 0.1) is 0 Å². The van der Waals surface area contributed by atoms with Gasteiger partial charge in [-0.3, -0.25) is 0 Å². The van der Waals surface area contributed by atoms with Gasteiger partial charge in [0.25, 0.3) is 10.0 Å². The van der Waals surface area contributed by atoms with Crippen molar-refractivity contribution in [3.05, 3.63) is 23.8 Å². The molecule has 0 atom stereocenters. The summed E-state index contributed by atoms with van der Waals surface area (Å²) in [5.74, 6) is 0.317. The van der Waals surface area contributed by atoms with Gasteiger partial charge in [0.15, 0.2) is 0 Å². The Morgan fingerprint density at radius 2 is 2.00 bits per heavy atom. The molecule has 20 heavy (non-hydrogen) atoms. The minimum Gasteiger partial charge on any atom is -0.495 e. The zero-order valence-corrected chi connectivity index (χ0v) is 12.4. The lowest BCUT2D eigenvalue weighted by Gasteiger charge is -2.26. The molecule has 1 aliphatic rings. The number of methoxy groups -OCH3 is 1. The zero-order valence-electron chi connectivity index (χ0n) is 11.6. The number of nitrogens with zero attached hydrogens (tertiary/aromatic N) is 1. The van der Waals surface area contributed by atoms with E-state index in [2.05, 4.69) is 4.83 Å². The van der Waals surface area contributed by atoms with Gasteiger partial charge in [-0.25, -0.2) is 13.4 Å². The third-order valence-corrected chi connectivity index (χ3v) is 4.77. The number of nitrogens with one attached hydrogen (secondary N) is 1. The van der Waals surface area contributed by atoms with E-state index in [9.17, 15) is 8.42 Å². The lowest BCUT2D eigenvalue weighted by atomic mass is 10.2. The third kappa shape index (κ3) is 3.49. The molecule has 0 bridgehead atoms. The molecule has 1 aromatic rings. The molecule has 0 spiro atoms. The van der Waals surface area contributed by atoms with Crippen molar-refractivity contribution < 1.29 is 13.2 Å². The molecule has 3 N–H and O–H groups in total. The van der Waals surface area contributed by atoms with Gasteiger partial charge in [-0.1, -0.05) is 12.5 Å². The fourth-order valence-corrected chi connectivity index (χ4v) is 3.54. The zero-order chi connectivity index (χ0) is 14.6. The summed E-state index contributed by atoms with van der Waals surface area (Å²) in [5.41, 5.74) is 6.39. The highest BCUT2D eigenvalue weighted by Gasteiger charge is 2.23. The van der Waals surface area contributed by atoms with E-state index in [4.69, 9.17) is 10.5 Å². The lowest BCUT2D eigenvalue weighted by Crippen LogP contribution is -2.44. The normalized spacial score (nSPS) is 17.1. The van der Waals surface area contributed by atoms with E-state index >= 15 is 0 Å². The van der Waals surface area contributed by atoms with Crippen LogP contribution in [0.15, 0.2) is 23.1 Å². The standard InChI is InChI=1S/C13H21N3O3S/c1-19-12-9-11(10-14)5-6-13(12)20(17,18)15-16-7-3-2-4-8-16/h5-6,9,15H,2-4,7-8,10,14H2,1H3. The fourth-order valence-electron chi connectivity index (χ4n) is 2.27. The van der Waals surface area contributed by atoms with Crippen LogP contribution in [0.2, 0.25) is 0 Å². The summed E-state index contributed by atoms with van der Waals surface area (Å²) in [6, 6.07) is 4.89. The number of benzene rings is 1. The van der Waals surface area contributed by atoms with E-state index in [1.807, 2.05) is 0 Å². The van der Waals surface area contributed by atoms with Gasteiger partial charge in [-0.05, 0) is 30.5 Å². The topological polar surface area (TPSA) is 84.7 Å².